The Labute approximate surface area is 191 Å². The summed E-state index contributed by atoms with van der Waals surface area (Å²) in [7, 11) is 0. The Kier molecular flexibility index (Phi) is 6.41. The summed E-state index contributed by atoms with van der Waals surface area (Å²) in [6.45, 7) is -0.362. The Morgan fingerprint density at radius 3 is 2.55 bits per heavy atom. The van der Waals surface area contributed by atoms with Crippen molar-refractivity contribution in [1.82, 2.24) is 10.2 Å². The minimum absolute atomic E-state index is 0.141. The fraction of sp³-hybridized carbons (Fsp3) is 0.0455. The SMILES string of the molecule is O=C(CN1C(=O)N/C(=C/c2ccc(Sc3ccc(Cl)cc3)s2)C1=O)Nc1ccccc1. The third kappa shape index (κ3) is 5.35. The van der Waals surface area contributed by atoms with Crippen LogP contribution in [0.1, 0.15) is 4.88 Å². The van der Waals surface area contributed by atoms with Crippen molar-refractivity contribution < 1.29 is 14.4 Å². The first-order valence-corrected chi connectivity index (χ1v) is 11.2. The van der Waals surface area contributed by atoms with Gasteiger partial charge in [-0.05, 0) is 54.6 Å². The third-order valence-corrected chi connectivity index (χ3v) is 6.67. The van der Waals surface area contributed by atoms with Crippen LogP contribution < -0.4 is 10.6 Å². The fourth-order valence-corrected chi connectivity index (χ4v) is 5.00. The largest absolute Gasteiger partial charge is 0.329 e. The maximum atomic E-state index is 12.6. The van der Waals surface area contributed by atoms with Crippen LogP contribution in [0.15, 0.2) is 81.5 Å². The van der Waals surface area contributed by atoms with E-state index in [1.54, 1.807) is 42.1 Å². The van der Waals surface area contributed by atoms with Gasteiger partial charge in [0, 0.05) is 20.5 Å². The molecule has 31 heavy (non-hydrogen) atoms. The number of hydrogen-bond acceptors (Lipinski definition) is 5. The Morgan fingerprint density at radius 1 is 1.06 bits per heavy atom. The van der Waals surface area contributed by atoms with Crippen molar-refractivity contribution in [2.75, 3.05) is 11.9 Å². The number of rotatable bonds is 6. The second-order valence-electron chi connectivity index (χ2n) is 6.51. The molecule has 9 heteroatoms. The van der Waals surface area contributed by atoms with Crippen LogP contribution in [-0.2, 0) is 9.59 Å². The van der Waals surface area contributed by atoms with Gasteiger partial charge in [-0.3, -0.25) is 9.59 Å². The molecule has 1 aliphatic rings. The Balaban J connectivity index is 1.40. The number of carbonyl (C=O) groups excluding carboxylic acids is 3. The van der Waals surface area contributed by atoms with Gasteiger partial charge >= 0.3 is 6.03 Å². The summed E-state index contributed by atoms with van der Waals surface area (Å²) in [5.74, 6) is -0.984. The fourth-order valence-electron chi connectivity index (χ4n) is 2.81. The van der Waals surface area contributed by atoms with Crippen LogP contribution >= 0.6 is 34.7 Å². The minimum Gasteiger partial charge on any atom is -0.325 e. The average molecular weight is 470 g/mol. The first-order chi connectivity index (χ1) is 15.0. The van der Waals surface area contributed by atoms with Crippen LogP contribution in [0.2, 0.25) is 5.02 Å². The van der Waals surface area contributed by atoms with E-state index in [1.807, 2.05) is 42.5 Å². The Bertz CT molecular complexity index is 1160. The molecule has 0 aliphatic carbocycles. The number of hydrogen-bond donors (Lipinski definition) is 2. The Morgan fingerprint density at radius 2 is 1.81 bits per heavy atom. The second-order valence-corrected chi connectivity index (χ2v) is 9.43. The number of carbonyl (C=O) groups is 3. The smallest absolute Gasteiger partial charge is 0.325 e. The third-order valence-electron chi connectivity index (χ3n) is 4.24. The molecule has 0 saturated carbocycles. The summed E-state index contributed by atoms with van der Waals surface area (Å²) >= 11 is 8.99. The van der Waals surface area contributed by atoms with Crippen molar-refractivity contribution in [2.24, 2.45) is 0 Å². The summed E-state index contributed by atoms with van der Waals surface area (Å²) in [6, 6.07) is 19.6. The molecule has 4 rings (SSSR count). The molecular formula is C22H16ClN3O3S2. The van der Waals surface area contributed by atoms with Gasteiger partial charge in [-0.2, -0.15) is 0 Å². The van der Waals surface area contributed by atoms with Gasteiger partial charge in [-0.25, -0.2) is 9.69 Å². The van der Waals surface area contributed by atoms with Crippen LogP contribution in [0.4, 0.5) is 10.5 Å². The molecule has 0 atom stereocenters. The zero-order valence-corrected chi connectivity index (χ0v) is 18.4. The maximum absolute atomic E-state index is 12.6. The molecule has 6 nitrogen and oxygen atoms in total. The highest BCUT2D eigenvalue weighted by atomic mass is 35.5. The molecule has 0 radical (unpaired) electrons. The number of nitrogens with one attached hydrogen (secondary N) is 2. The lowest BCUT2D eigenvalue weighted by Crippen LogP contribution is -2.38. The van der Waals surface area contributed by atoms with E-state index in [2.05, 4.69) is 10.6 Å². The van der Waals surface area contributed by atoms with Crippen LogP contribution in [0.3, 0.4) is 0 Å². The molecule has 1 saturated heterocycles. The predicted molar refractivity (Wildman–Crippen MR) is 123 cm³/mol. The highest BCUT2D eigenvalue weighted by molar-refractivity contribution is 8.01. The van der Waals surface area contributed by atoms with Crippen molar-refractivity contribution in [3.8, 4) is 0 Å². The zero-order valence-electron chi connectivity index (χ0n) is 16.0. The number of nitrogens with zero attached hydrogens (tertiary/aromatic N) is 1. The van der Waals surface area contributed by atoms with Crippen LogP contribution in [-0.4, -0.2) is 29.3 Å². The number of para-hydroxylation sites is 1. The lowest BCUT2D eigenvalue weighted by atomic mass is 10.3. The number of thiophene rings is 1. The molecule has 4 amide bonds. The van der Waals surface area contributed by atoms with E-state index in [0.29, 0.717) is 10.7 Å². The van der Waals surface area contributed by atoms with Crippen LogP contribution in [0, 0.1) is 0 Å². The van der Waals surface area contributed by atoms with Crippen molar-refractivity contribution in [3.05, 3.63) is 82.3 Å². The van der Waals surface area contributed by atoms with E-state index >= 15 is 0 Å². The van der Waals surface area contributed by atoms with Crippen LogP contribution in [0.25, 0.3) is 6.08 Å². The van der Waals surface area contributed by atoms with Gasteiger partial charge in [-0.15, -0.1) is 11.3 Å². The summed E-state index contributed by atoms with van der Waals surface area (Å²) in [5, 5.41) is 5.88. The van der Waals surface area contributed by atoms with Crippen molar-refractivity contribution in [3.63, 3.8) is 0 Å². The van der Waals surface area contributed by atoms with E-state index < -0.39 is 17.8 Å². The van der Waals surface area contributed by atoms with E-state index in [4.69, 9.17) is 11.6 Å². The quantitative estimate of drug-likeness (QED) is 0.389. The molecule has 156 valence electrons. The highest BCUT2D eigenvalue weighted by Crippen LogP contribution is 2.34. The predicted octanol–water partition coefficient (Wildman–Crippen LogP) is 5.08. The normalized spacial score (nSPS) is 14.7. The lowest BCUT2D eigenvalue weighted by molar-refractivity contribution is -0.127. The molecule has 0 unspecified atom stereocenters. The van der Waals surface area contributed by atoms with Crippen molar-refractivity contribution >= 4 is 64.3 Å². The molecular weight excluding hydrogens is 454 g/mol. The summed E-state index contributed by atoms with van der Waals surface area (Å²) in [4.78, 5) is 39.8. The number of anilines is 1. The molecule has 2 N–H and O–H groups in total. The van der Waals surface area contributed by atoms with Gasteiger partial charge in [0.15, 0.2) is 0 Å². The van der Waals surface area contributed by atoms with Crippen LogP contribution in [0.5, 0.6) is 0 Å². The second kappa shape index (κ2) is 9.38. The van der Waals surface area contributed by atoms with E-state index in [0.717, 1.165) is 18.9 Å². The summed E-state index contributed by atoms with van der Waals surface area (Å²) < 4.78 is 1.03. The van der Waals surface area contributed by atoms with Gasteiger partial charge < -0.3 is 10.6 Å². The lowest BCUT2D eigenvalue weighted by Gasteiger charge is -2.11. The maximum Gasteiger partial charge on any atom is 0.329 e. The van der Waals surface area contributed by atoms with Gasteiger partial charge in [0.25, 0.3) is 5.91 Å². The molecule has 1 aliphatic heterocycles. The topological polar surface area (TPSA) is 78.5 Å². The monoisotopic (exact) mass is 469 g/mol. The van der Waals surface area contributed by atoms with Crippen molar-refractivity contribution in [1.29, 1.82) is 0 Å². The number of amides is 4. The minimum atomic E-state index is -0.619. The van der Waals surface area contributed by atoms with Crippen molar-refractivity contribution in [2.45, 2.75) is 9.10 Å². The van der Waals surface area contributed by atoms with Gasteiger partial charge in [0.1, 0.15) is 12.2 Å². The first-order valence-electron chi connectivity index (χ1n) is 9.20. The molecule has 0 bridgehead atoms. The number of imide groups is 1. The molecule has 0 spiro atoms. The first kappa shape index (κ1) is 21.2. The Hall–Kier alpha value is -3.07. The van der Waals surface area contributed by atoms with E-state index in [-0.39, 0.29) is 12.2 Å². The van der Waals surface area contributed by atoms with E-state index in [9.17, 15) is 14.4 Å². The zero-order chi connectivity index (χ0) is 21.8. The number of urea groups is 1. The average Bonchev–Trinajstić information content (AvgIpc) is 3.30. The van der Waals surface area contributed by atoms with Gasteiger partial charge in [-0.1, -0.05) is 41.6 Å². The molecule has 2 aromatic carbocycles. The number of benzene rings is 2. The number of halogens is 1. The highest BCUT2D eigenvalue weighted by Gasteiger charge is 2.35. The summed E-state index contributed by atoms with van der Waals surface area (Å²) in [6.07, 6.45) is 1.62. The standard InChI is InChI=1S/C22H16ClN3O3S2/c23-14-6-8-16(9-7-14)30-20-11-10-17(31-20)12-18-21(28)26(22(29)25-18)13-19(27)24-15-4-2-1-3-5-15/h1-12H,13H2,(H,24,27)(H,25,29)/b18-12+. The summed E-state index contributed by atoms with van der Waals surface area (Å²) in [5.41, 5.74) is 0.738. The van der Waals surface area contributed by atoms with E-state index in [1.165, 1.54) is 11.3 Å². The van der Waals surface area contributed by atoms with Gasteiger partial charge in [0.05, 0.1) is 4.21 Å². The molecule has 1 fully saturated rings. The molecule has 2 heterocycles. The van der Waals surface area contributed by atoms with Gasteiger partial charge in [0.2, 0.25) is 5.91 Å². The molecule has 1 aromatic heterocycles. The molecule has 3 aromatic rings.